The molecule has 0 aliphatic carbocycles. The van der Waals surface area contributed by atoms with Crippen molar-refractivity contribution >= 4 is 17.8 Å². The van der Waals surface area contributed by atoms with Gasteiger partial charge in [0.05, 0.1) is 0 Å². The maximum atomic E-state index is 12.5. The number of halogens is 5. The maximum Gasteiger partial charge on any atom is 0.463 e. The quantitative estimate of drug-likeness (QED) is 0.599. The van der Waals surface area contributed by atoms with E-state index in [2.05, 4.69) is 5.73 Å². The van der Waals surface area contributed by atoms with Gasteiger partial charge in [0.1, 0.15) is 6.04 Å². The van der Waals surface area contributed by atoms with Crippen LogP contribution in [0, 0.1) is 0 Å². The molecule has 110 valence electrons. The van der Waals surface area contributed by atoms with Crippen LogP contribution in [-0.2, 0) is 14.4 Å². The molecule has 1 unspecified atom stereocenters. The number of carboxylic acid groups (broad SMARTS) is 1. The molecule has 0 saturated heterocycles. The van der Waals surface area contributed by atoms with E-state index in [9.17, 15) is 36.3 Å². The van der Waals surface area contributed by atoms with Crippen LogP contribution in [0.25, 0.3) is 0 Å². The molecule has 0 aromatic heterocycles. The van der Waals surface area contributed by atoms with Gasteiger partial charge >= 0.3 is 24.0 Å². The topological polar surface area (TPSA) is 109 Å². The first-order chi connectivity index (χ1) is 8.39. The second-order valence-corrected chi connectivity index (χ2v) is 3.44. The third kappa shape index (κ3) is 4.67. The summed E-state index contributed by atoms with van der Waals surface area (Å²) in [4.78, 5) is 31.6. The largest absolute Gasteiger partial charge is 0.480 e. The first kappa shape index (κ1) is 17.1. The smallest absolute Gasteiger partial charge is 0.463 e. The molecule has 0 spiro atoms. The van der Waals surface area contributed by atoms with Crippen LogP contribution < -0.4 is 11.1 Å². The predicted molar refractivity (Wildman–Crippen MR) is 49.0 cm³/mol. The minimum Gasteiger partial charge on any atom is -0.480 e. The molecule has 4 N–H and O–H groups in total. The zero-order valence-electron chi connectivity index (χ0n) is 9.13. The van der Waals surface area contributed by atoms with Crippen LogP contribution in [0.15, 0.2) is 0 Å². The number of nitrogens with one attached hydrogen (secondary N) is 1. The first-order valence-electron chi connectivity index (χ1n) is 4.66. The Morgan fingerprint density at radius 3 is 1.95 bits per heavy atom. The van der Waals surface area contributed by atoms with Crippen molar-refractivity contribution in [2.45, 2.75) is 31.0 Å². The Hall–Kier alpha value is -1.94. The summed E-state index contributed by atoms with van der Waals surface area (Å²) in [6.45, 7) is 0. The van der Waals surface area contributed by atoms with Crippen LogP contribution in [-0.4, -0.2) is 41.0 Å². The number of hydrogen-bond acceptors (Lipinski definition) is 3. The number of amides is 2. The zero-order chi connectivity index (χ0) is 15.4. The molecule has 0 bridgehead atoms. The lowest BCUT2D eigenvalue weighted by atomic mass is 10.1. The third-order valence-electron chi connectivity index (χ3n) is 1.92. The molecule has 0 saturated carbocycles. The van der Waals surface area contributed by atoms with Crippen molar-refractivity contribution in [3.8, 4) is 0 Å². The SMILES string of the molecule is NC(=O)CCC(NC(=O)C(F)(F)C(F)(F)F)C(=O)O. The van der Waals surface area contributed by atoms with Gasteiger partial charge in [0, 0.05) is 6.42 Å². The Morgan fingerprint density at radius 1 is 1.16 bits per heavy atom. The fourth-order valence-electron chi connectivity index (χ4n) is 0.922. The van der Waals surface area contributed by atoms with Crippen LogP contribution in [0.5, 0.6) is 0 Å². The Balaban J connectivity index is 4.82. The average Bonchev–Trinajstić information content (AvgIpc) is 2.21. The summed E-state index contributed by atoms with van der Waals surface area (Å²) in [7, 11) is 0. The van der Waals surface area contributed by atoms with E-state index in [1.807, 2.05) is 0 Å². The van der Waals surface area contributed by atoms with E-state index in [0.29, 0.717) is 0 Å². The van der Waals surface area contributed by atoms with Gasteiger partial charge in [0.15, 0.2) is 0 Å². The van der Waals surface area contributed by atoms with E-state index in [1.165, 1.54) is 0 Å². The molecule has 0 aliphatic heterocycles. The monoisotopic (exact) mass is 292 g/mol. The van der Waals surface area contributed by atoms with E-state index in [0.717, 1.165) is 5.32 Å². The molecule has 1 atom stereocenters. The summed E-state index contributed by atoms with van der Waals surface area (Å²) in [6.07, 6.45) is -7.46. The van der Waals surface area contributed by atoms with Crippen LogP contribution in [0.2, 0.25) is 0 Å². The van der Waals surface area contributed by atoms with Gasteiger partial charge in [-0.3, -0.25) is 9.59 Å². The molecule has 0 aliphatic rings. The normalized spacial score (nSPS) is 13.7. The van der Waals surface area contributed by atoms with E-state index in [4.69, 9.17) is 5.11 Å². The Labute approximate surface area is 102 Å². The van der Waals surface area contributed by atoms with Gasteiger partial charge in [0.25, 0.3) is 0 Å². The Bertz CT molecular complexity index is 382. The number of carboxylic acids is 1. The number of carbonyl (C=O) groups excluding carboxylic acids is 2. The molecule has 0 aromatic carbocycles. The van der Waals surface area contributed by atoms with E-state index >= 15 is 0 Å². The molecule has 0 heterocycles. The van der Waals surface area contributed by atoms with Gasteiger partial charge in [-0.15, -0.1) is 0 Å². The highest BCUT2D eigenvalue weighted by atomic mass is 19.4. The second-order valence-electron chi connectivity index (χ2n) is 3.44. The summed E-state index contributed by atoms with van der Waals surface area (Å²) in [5, 5.41) is 9.51. The zero-order valence-corrected chi connectivity index (χ0v) is 9.13. The molecule has 6 nitrogen and oxygen atoms in total. The van der Waals surface area contributed by atoms with Crippen molar-refractivity contribution in [2.24, 2.45) is 5.73 Å². The van der Waals surface area contributed by atoms with Gasteiger partial charge in [0.2, 0.25) is 5.91 Å². The fraction of sp³-hybridized carbons (Fsp3) is 0.625. The predicted octanol–water partition coefficient (Wildman–Crippen LogP) is 0.0189. The summed E-state index contributed by atoms with van der Waals surface area (Å²) in [5.41, 5.74) is 4.65. The van der Waals surface area contributed by atoms with E-state index in [1.54, 1.807) is 0 Å². The fourth-order valence-corrected chi connectivity index (χ4v) is 0.922. The highest BCUT2D eigenvalue weighted by Crippen LogP contribution is 2.35. The number of rotatable bonds is 6. The lowest BCUT2D eigenvalue weighted by Crippen LogP contribution is -2.54. The average molecular weight is 292 g/mol. The Morgan fingerprint density at radius 2 is 1.63 bits per heavy atom. The Kier molecular flexibility index (Phi) is 5.21. The minimum absolute atomic E-state index is 0.602. The van der Waals surface area contributed by atoms with Crippen LogP contribution in [0.3, 0.4) is 0 Å². The minimum atomic E-state index is -6.15. The molecule has 0 aromatic rings. The number of aliphatic carboxylic acids is 1. The first-order valence-corrected chi connectivity index (χ1v) is 4.66. The molecule has 11 heteroatoms. The summed E-state index contributed by atoms with van der Waals surface area (Å²) in [5.74, 6) is -11.4. The third-order valence-corrected chi connectivity index (χ3v) is 1.92. The van der Waals surface area contributed by atoms with Crippen LogP contribution >= 0.6 is 0 Å². The van der Waals surface area contributed by atoms with Crippen molar-refractivity contribution in [2.75, 3.05) is 0 Å². The van der Waals surface area contributed by atoms with Crippen LogP contribution in [0.4, 0.5) is 22.0 Å². The van der Waals surface area contributed by atoms with E-state index < -0.39 is 48.8 Å². The van der Waals surface area contributed by atoms with Gasteiger partial charge in [-0.1, -0.05) is 0 Å². The highest BCUT2D eigenvalue weighted by molar-refractivity contribution is 5.89. The number of hydrogen-bond donors (Lipinski definition) is 3. The van der Waals surface area contributed by atoms with Crippen LogP contribution in [0.1, 0.15) is 12.8 Å². The summed E-state index contributed by atoms with van der Waals surface area (Å²) < 4.78 is 60.5. The second kappa shape index (κ2) is 5.80. The molecule has 0 radical (unpaired) electrons. The van der Waals surface area contributed by atoms with Crippen molar-refractivity contribution in [3.63, 3.8) is 0 Å². The maximum absolute atomic E-state index is 12.5. The van der Waals surface area contributed by atoms with Gasteiger partial charge in [-0.25, -0.2) is 4.79 Å². The van der Waals surface area contributed by atoms with Crippen molar-refractivity contribution in [1.82, 2.24) is 5.32 Å². The number of carbonyl (C=O) groups is 3. The summed E-state index contributed by atoms with van der Waals surface area (Å²) >= 11 is 0. The van der Waals surface area contributed by atoms with Crippen molar-refractivity contribution in [1.29, 1.82) is 0 Å². The number of primary amides is 1. The van der Waals surface area contributed by atoms with Crippen molar-refractivity contribution in [3.05, 3.63) is 0 Å². The highest BCUT2D eigenvalue weighted by Gasteiger charge is 2.63. The molecule has 19 heavy (non-hydrogen) atoms. The van der Waals surface area contributed by atoms with E-state index in [-0.39, 0.29) is 0 Å². The molecule has 0 rings (SSSR count). The lowest BCUT2D eigenvalue weighted by molar-refractivity contribution is -0.270. The molecular formula is C8H9F5N2O4. The van der Waals surface area contributed by atoms with Gasteiger partial charge < -0.3 is 16.2 Å². The standard InChI is InChI=1S/C8H9F5N2O4/c9-7(10,8(11,12)13)6(19)15-3(5(17)18)1-2-4(14)16/h3H,1-2H2,(H2,14,16)(H,15,19)(H,17,18). The summed E-state index contributed by atoms with van der Waals surface area (Å²) in [6, 6.07) is -2.08. The van der Waals surface area contributed by atoms with Gasteiger partial charge in [-0.05, 0) is 6.42 Å². The lowest BCUT2D eigenvalue weighted by Gasteiger charge is -2.21. The molecular weight excluding hydrogens is 283 g/mol. The van der Waals surface area contributed by atoms with Crippen molar-refractivity contribution < 1.29 is 41.4 Å². The number of alkyl halides is 5. The number of nitrogens with two attached hydrogens (primary N) is 1. The molecule has 2 amide bonds. The van der Waals surface area contributed by atoms with Gasteiger partial charge in [-0.2, -0.15) is 22.0 Å². The molecule has 0 fully saturated rings.